The largest absolute Gasteiger partial charge is 0.481 e. The van der Waals surface area contributed by atoms with Crippen LogP contribution in [0.3, 0.4) is 0 Å². The molecule has 0 amide bonds. The summed E-state index contributed by atoms with van der Waals surface area (Å²) in [5, 5.41) is 10.2. The van der Waals surface area contributed by atoms with E-state index in [2.05, 4.69) is 0 Å². The molecule has 78 valence electrons. The smallest absolute Gasteiger partial charge is 0.304 e. The fourth-order valence-corrected chi connectivity index (χ4v) is 3.12. The molecule has 0 aliphatic heterocycles. The number of thiophene rings is 1. The first-order valence-electron chi connectivity index (χ1n) is 4.21. The van der Waals surface area contributed by atoms with Crippen molar-refractivity contribution in [1.82, 2.24) is 0 Å². The third-order valence-corrected chi connectivity index (χ3v) is 4.49. The molecule has 0 spiro atoms. The predicted octanol–water partition coefficient (Wildman–Crippen LogP) is 1.86. The van der Waals surface area contributed by atoms with Crippen molar-refractivity contribution in [2.24, 2.45) is 0 Å². The number of carbonyl (C=O) groups is 1. The average Bonchev–Trinajstić information content (AvgIpc) is 2.55. The maximum atomic E-state index is 11.6. The standard InChI is InChI=1S/C9H12O3S2/c1-7(5-9(10)11)14(12)6-8-3-2-4-13-8/h2-4,7H,5-6H2,1H3,(H,10,11). The molecule has 1 N–H and O–H groups in total. The average molecular weight is 232 g/mol. The van der Waals surface area contributed by atoms with E-state index in [1.165, 1.54) is 0 Å². The first kappa shape index (κ1) is 11.4. The van der Waals surface area contributed by atoms with Crippen LogP contribution in [0.2, 0.25) is 0 Å². The highest BCUT2D eigenvalue weighted by Gasteiger charge is 2.15. The minimum absolute atomic E-state index is 0.0298. The Bertz CT molecular complexity index is 319. The van der Waals surface area contributed by atoms with E-state index in [1.54, 1.807) is 18.3 Å². The molecule has 1 aromatic heterocycles. The molecule has 5 heteroatoms. The van der Waals surface area contributed by atoms with Crippen LogP contribution in [0, 0.1) is 0 Å². The van der Waals surface area contributed by atoms with E-state index in [0.29, 0.717) is 5.75 Å². The third kappa shape index (κ3) is 3.59. The molecule has 0 saturated heterocycles. The molecule has 0 aliphatic carbocycles. The summed E-state index contributed by atoms with van der Waals surface area (Å²) < 4.78 is 11.6. The zero-order valence-electron chi connectivity index (χ0n) is 7.80. The van der Waals surface area contributed by atoms with Crippen molar-refractivity contribution >= 4 is 28.1 Å². The summed E-state index contributed by atoms with van der Waals surface area (Å²) in [7, 11) is -1.09. The Morgan fingerprint density at radius 3 is 2.93 bits per heavy atom. The highest BCUT2D eigenvalue weighted by molar-refractivity contribution is 7.85. The Morgan fingerprint density at radius 1 is 1.71 bits per heavy atom. The molecule has 2 atom stereocenters. The maximum Gasteiger partial charge on any atom is 0.304 e. The van der Waals surface area contributed by atoms with Gasteiger partial charge in [0.05, 0.1) is 12.2 Å². The molecule has 0 bridgehead atoms. The van der Waals surface area contributed by atoms with E-state index < -0.39 is 16.8 Å². The third-order valence-electron chi connectivity index (χ3n) is 1.78. The zero-order chi connectivity index (χ0) is 10.6. The van der Waals surface area contributed by atoms with Gasteiger partial charge in [-0.25, -0.2) is 0 Å². The van der Waals surface area contributed by atoms with Gasteiger partial charge >= 0.3 is 5.97 Å². The van der Waals surface area contributed by atoms with Crippen LogP contribution < -0.4 is 0 Å². The molecule has 14 heavy (non-hydrogen) atoms. The number of carboxylic acids is 1. The van der Waals surface area contributed by atoms with E-state index in [4.69, 9.17) is 5.11 Å². The fraction of sp³-hybridized carbons (Fsp3) is 0.444. The Labute approximate surface area is 89.2 Å². The number of hydrogen-bond donors (Lipinski definition) is 1. The van der Waals surface area contributed by atoms with Crippen LogP contribution in [0.5, 0.6) is 0 Å². The van der Waals surface area contributed by atoms with Gasteiger partial charge in [0.2, 0.25) is 0 Å². The van der Waals surface area contributed by atoms with Gasteiger partial charge in [-0.1, -0.05) is 13.0 Å². The normalized spacial score (nSPS) is 14.9. The first-order chi connectivity index (χ1) is 6.59. The van der Waals surface area contributed by atoms with E-state index in [-0.39, 0.29) is 11.7 Å². The topological polar surface area (TPSA) is 54.4 Å². The van der Waals surface area contributed by atoms with Crippen molar-refractivity contribution < 1.29 is 14.1 Å². The van der Waals surface area contributed by atoms with Gasteiger partial charge in [0.1, 0.15) is 0 Å². The van der Waals surface area contributed by atoms with Crippen molar-refractivity contribution in [2.75, 3.05) is 0 Å². The molecule has 0 fully saturated rings. The molecule has 3 nitrogen and oxygen atoms in total. The summed E-state index contributed by atoms with van der Waals surface area (Å²) in [6.45, 7) is 1.71. The van der Waals surface area contributed by atoms with E-state index in [1.807, 2.05) is 17.5 Å². The van der Waals surface area contributed by atoms with Gasteiger partial charge in [0, 0.05) is 20.9 Å². The molecule has 0 aromatic carbocycles. The van der Waals surface area contributed by atoms with Crippen molar-refractivity contribution in [1.29, 1.82) is 0 Å². The van der Waals surface area contributed by atoms with Crippen LogP contribution >= 0.6 is 11.3 Å². The second kappa shape index (κ2) is 5.26. The summed E-state index contributed by atoms with van der Waals surface area (Å²) in [6, 6.07) is 3.81. The van der Waals surface area contributed by atoms with Crippen molar-refractivity contribution in [3.8, 4) is 0 Å². The highest BCUT2D eigenvalue weighted by atomic mass is 32.2. The van der Waals surface area contributed by atoms with Gasteiger partial charge in [-0.2, -0.15) is 0 Å². The van der Waals surface area contributed by atoms with E-state index >= 15 is 0 Å². The Kier molecular flexibility index (Phi) is 4.28. The Hall–Kier alpha value is -0.680. The van der Waals surface area contributed by atoms with Crippen LogP contribution in [0.4, 0.5) is 0 Å². The minimum atomic E-state index is -1.09. The first-order valence-corrected chi connectivity index (χ1v) is 6.47. The lowest BCUT2D eigenvalue weighted by Crippen LogP contribution is -2.16. The van der Waals surface area contributed by atoms with Gasteiger partial charge in [0.25, 0.3) is 0 Å². The van der Waals surface area contributed by atoms with Crippen LogP contribution in [0.15, 0.2) is 17.5 Å². The molecule has 1 rings (SSSR count). The van der Waals surface area contributed by atoms with Crippen molar-refractivity contribution in [2.45, 2.75) is 24.3 Å². The summed E-state index contributed by atoms with van der Waals surface area (Å²) in [6.07, 6.45) is -0.0298. The molecule has 1 aromatic rings. The molecule has 1 heterocycles. The predicted molar refractivity (Wildman–Crippen MR) is 57.9 cm³/mol. The van der Waals surface area contributed by atoms with E-state index in [9.17, 15) is 9.00 Å². The number of hydrogen-bond acceptors (Lipinski definition) is 3. The van der Waals surface area contributed by atoms with Gasteiger partial charge in [-0.05, 0) is 11.4 Å². The molecular formula is C9H12O3S2. The molecule has 0 aliphatic rings. The summed E-state index contributed by atoms with van der Waals surface area (Å²) >= 11 is 1.55. The zero-order valence-corrected chi connectivity index (χ0v) is 9.44. The van der Waals surface area contributed by atoms with Crippen molar-refractivity contribution in [3.05, 3.63) is 22.4 Å². The monoisotopic (exact) mass is 232 g/mol. The summed E-state index contributed by atoms with van der Waals surface area (Å²) in [5.74, 6) is -0.427. The van der Waals surface area contributed by atoms with Gasteiger partial charge in [-0.3, -0.25) is 9.00 Å². The second-order valence-corrected chi connectivity index (χ2v) is 5.90. The number of aliphatic carboxylic acids is 1. The summed E-state index contributed by atoms with van der Waals surface area (Å²) in [5.41, 5.74) is 0. The van der Waals surface area contributed by atoms with Crippen LogP contribution in [0.1, 0.15) is 18.2 Å². The quantitative estimate of drug-likeness (QED) is 0.843. The molecule has 2 unspecified atom stereocenters. The minimum Gasteiger partial charge on any atom is -0.481 e. The van der Waals surface area contributed by atoms with Gasteiger partial charge < -0.3 is 5.11 Å². The lowest BCUT2D eigenvalue weighted by atomic mass is 10.3. The number of rotatable bonds is 5. The maximum absolute atomic E-state index is 11.6. The van der Waals surface area contributed by atoms with Crippen LogP contribution in [-0.2, 0) is 21.3 Å². The lowest BCUT2D eigenvalue weighted by molar-refractivity contribution is -0.136. The fourth-order valence-electron chi connectivity index (χ4n) is 1.02. The summed E-state index contributed by atoms with van der Waals surface area (Å²) in [4.78, 5) is 11.4. The van der Waals surface area contributed by atoms with E-state index in [0.717, 1.165) is 4.88 Å². The van der Waals surface area contributed by atoms with Gasteiger partial charge in [0.15, 0.2) is 0 Å². The molecule has 0 saturated carbocycles. The SMILES string of the molecule is CC(CC(=O)O)S(=O)Cc1cccs1. The Morgan fingerprint density at radius 2 is 2.43 bits per heavy atom. The van der Waals surface area contributed by atoms with Crippen LogP contribution in [0.25, 0.3) is 0 Å². The molecule has 0 radical (unpaired) electrons. The second-order valence-electron chi connectivity index (χ2n) is 3.01. The highest BCUT2D eigenvalue weighted by Crippen LogP contribution is 2.14. The van der Waals surface area contributed by atoms with Crippen molar-refractivity contribution in [3.63, 3.8) is 0 Å². The molecular weight excluding hydrogens is 220 g/mol. The van der Waals surface area contributed by atoms with Gasteiger partial charge in [-0.15, -0.1) is 11.3 Å². The lowest BCUT2D eigenvalue weighted by Gasteiger charge is -2.07. The van der Waals surface area contributed by atoms with Crippen LogP contribution in [-0.4, -0.2) is 20.5 Å². The Balaban J connectivity index is 2.46. The number of carboxylic acid groups (broad SMARTS) is 1.